The molecule has 0 bridgehead atoms. The van der Waals surface area contributed by atoms with Gasteiger partial charge in [-0.1, -0.05) is 49.1 Å². The number of nitrogens with zero attached hydrogens (tertiary/aromatic N) is 2. The number of benzene rings is 1. The number of imide groups is 1. The maximum atomic E-state index is 11.6. The van der Waals surface area contributed by atoms with E-state index in [4.69, 9.17) is 0 Å². The van der Waals surface area contributed by atoms with Crippen molar-refractivity contribution in [3.05, 3.63) is 29.8 Å². The molecule has 0 aliphatic carbocycles. The van der Waals surface area contributed by atoms with Crippen molar-refractivity contribution in [2.24, 2.45) is 0 Å². The molecule has 0 aliphatic heterocycles. The Labute approximate surface area is 155 Å². The highest BCUT2D eigenvalue weighted by molar-refractivity contribution is 8.01. The van der Waals surface area contributed by atoms with Gasteiger partial charge in [-0.05, 0) is 30.5 Å². The summed E-state index contributed by atoms with van der Waals surface area (Å²) in [7, 11) is 0. The Morgan fingerprint density at radius 1 is 1.20 bits per heavy atom. The molecule has 3 N–H and O–H groups in total. The van der Waals surface area contributed by atoms with Crippen molar-refractivity contribution >= 4 is 45.9 Å². The topological polar surface area (TPSA) is 96.0 Å². The Morgan fingerprint density at radius 2 is 1.92 bits per heavy atom. The molecule has 9 heteroatoms. The smallest absolute Gasteiger partial charge is 0.321 e. The van der Waals surface area contributed by atoms with E-state index >= 15 is 0 Å². The maximum Gasteiger partial charge on any atom is 0.321 e. The number of carbonyl (C=O) groups excluding carboxylic acids is 2. The van der Waals surface area contributed by atoms with Crippen LogP contribution in [0.4, 0.5) is 15.6 Å². The molecule has 7 nitrogen and oxygen atoms in total. The van der Waals surface area contributed by atoms with Crippen LogP contribution in [0, 0.1) is 0 Å². The first kappa shape index (κ1) is 19.2. The molecular weight excluding hydrogens is 358 g/mol. The van der Waals surface area contributed by atoms with Gasteiger partial charge in [-0.15, -0.1) is 10.2 Å². The van der Waals surface area contributed by atoms with E-state index in [-0.39, 0.29) is 11.7 Å². The fraction of sp³-hybridized carbons (Fsp3) is 0.375. The fourth-order valence-corrected chi connectivity index (χ4v) is 3.46. The van der Waals surface area contributed by atoms with Gasteiger partial charge in [0.15, 0.2) is 4.34 Å². The number of carbonyl (C=O) groups is 2. The summed E-state index contributed by atoms with van der Waals surface area (Å²) in [6, 6.07) is 7.68. The molecule has 2 aromatic rings. The van der Waals surface area contributed by atoms with Gasteiger partial charge in [0.2, 0.25) is 11.0 Å². The Morgan fingerprint density at radius 3 is 2.56 bits per heavy atom. The van der Waals surface area contributed by atoms with Crippen LogP contribution in [0.15, 0.2) is 28.6 Å². The average molecular weight is 380 g/mol. The zero-order valence-electron chi connectivity index (χ0n) is 14.3. The number of anilines is 2. The van der Waals surface area contributed by atoms with Crippen molar-refractivity contribution in [3.63, 3.8) is 0 Å². The number of rotatable bonds is 7. The maximum absolute atomic E-state index is 11.6. The molecule has 2 rings (SSSR count). The van der Waals surface area contributed by atoms with Crippen molar-refractivity contribution < 1.29 is 9.59 Å². The van der Waals surface area contributed by atoms with Crippen LogP contribution in [0.3, 0.4) is 0 Å². The van der Waals surface area contributed by atoms with E-state index in [0.29, 0.717) is 21.9 Å². The molecule has 0 radical (unpaired) electrons. The van der Waals surface area contributed by atoms with Gasteiger partial charge in [0.1, 0.15) is 0 Å². The minimum atomic E-state index is -0.488. The highest BCUT2D eigenvalue weighted by Gasteiger charge is 2.10. The SMILES string of the molecule is CCNC(=O)NC(=O)CSc1nnc(Nc2ccc(C(C)C)cc2)s1. The van der Waals surface area contributed by atoms with Crippen LogP contribution < -0.4 is 16.0 Å². The number of aromatic nitrogens is 2. The Balaban J connectivity index is 1.83. The summed E-state index contributed by atoms with van der Waals surface area (Å²) in [5.41, 5.74) is 2.21. The summed E-state index contributed by atoms with van der Waals surface area (Å²) in [5, 5.41) is 16.7. The predicted octanol–water partition coefficient (Wildman–Crippen LogP) is 3.34. The van der Waals surface area contributed by atoms with E-state index in [2.05, 4.69) is 52.1 Å². The third-order valence-electron chi connectivity index (χ3n) is 3.15. The Kier molecular flexibility index (Phi) is 7.20. The lowest BCUT2D eigenvalue weighted by Crippen LogP contribution is -2.40. The lowest BCUT2D eigenvalue weighted by atomic mass is 10.0. The van der Waals surface area contributed by atoms with Gasteiger partial charge in [0.05, 0.1) is 5.75 Å². The molecule has 1 aromatic heterocycles. The van der Waals surface area contributed by atoms with Crippen LogP contribution in [-0.4, -0.2) is 34.4 Å². The minimum Gasteiger partial charge on any atom is -0.338 e. The monoisotopic (exact) mass is 379 g/mol. The van der Waals surface area contributed by atoms with E-state index in [1.807, 2.05) is 12.1 Å². The van der Waals surface area contributed by atoms with Gasteiger partial charge >= 0.3 is 6.03 Å². The highest BCUT2D eigenvalue weighted by Crippen LogP contribution is 2.28. The van der Waals surface area contributed by atoms with Gasteiger partial charge in [0.25, 0.3) is 0 Å². The number of hydrogen-bond acceptors (Lipinski definition) is 7. The minimum absolute atomic E-state index is 0.106. The number of nitrogens with one attached hydrogen (secondary N) is 3. The summed E-state index contributed by atoms with van der Waals surface area (Å²) in [6.07, 6.45) is 0. The van der Waals surface area contributed by atoms with Crippen molar-refractivity contribution in [1.29, 1.82) is 0 Å². The van der Waals surface area contributed by atoms with Gasteiger partial charge in [-0.2, -0.15) is 0 Å². The third kappa shape index (κ3) is 6.35. The van der Waals surface area contributed by atoms with E-state index < -0.39 is 6.03 Å². The van der Waals surface area contributed by atoms with Crippen molar-refractivity contribution in [2.45, 2.75) is 31.0 Å². The molecule has 0 spiro atoms. The summed E-state index contributed by atoms with van der Waals surface area (Å²) >= 11 is 2.60. The first-order chi connectivity index (χ1) is 12.0. The van der Waals surface area contributed by atoms with Crippen LogP contribution in [0.5, 0.6) is 0 Å². The first-order valence-corrected chi connectivity index (χ1v) is 9.69. The fourth-order valence-electron chi connectivity index (χ4n) is 1.89. The van der Waals surface area contributed by atoms with Crippen molar-refractivity contribution in [2.75, 3.05) is 17.6 Å². The number of hydrogen-bond donors (Lipinski definition) is 3. The van der Waals surface area contributed by atoms with Gasteiger partial charge < -0.3 is 10.6 Å². The summed E-state index contributed by atoms with van der Waals surface area (Å²) in [4.78, 5) is 22.9. The van der Waals surface area contributed by atoms with E-state index in [9.17, 15) is 9.59 Å². The quantitative estimate of drug-likeness (QED) is 0.639. The van der Waals surface area contributed by atoms with Crippen LogP contribution in [0.1, 0.15) is 32.3 Å². The predicted molar refractivity (Wildman–Crippen MR) is 102 cm³/mol. The third-order valence-corrected chi connectivity index (χ3v) is 5.12. The second kappa shape index (κ2) is 9.38. The molecule has 0 aliphatic rings. The van der Waals surface area contributed by atoms with E-state index in [0.717, 1.165) is 5.69 Å². The summed E-state index contributed by atoms with van der Waals surface area (Å²) in [6.45, 7) is 6.55. The standard InChI is InChI=1S/C16H21N5O2S2/c1-4-17-14(23)19-13(22)9-24-16-21-20-15(25-16)18-12-7-5-11(6-8-12)10(2)3/h5-8,10H,4,9H2,1-3H3,(H,18,20)(H2,17,19,22,23). The number of amides is 3. The molecule has 0 fully saturated rings. The normalized spacial score (nSPS) is 10.6. The van der Waals surface area contributed by atoms with Crippen LogP contribution in [-0.2, 0) is 4.79 Å². The molecule has 3 amide bonds. The van der Waals surface area contributed by atoms with Crippen LogP contribution in [0.2, 0.25) is 0 Å². The van der Waals surface area contributed by atoms with Crippen LogP contribution >= 0.6 is 23.1 Å². The molecular formula is C16H21N5O2S2. The second-order valence-corrected chi connectivity index (χ2v) is 7.67. The van der Waals surface area contributed by atoms with Gasteiger partial charge in [-0.25, -0.2) is 4.79 Å². The summed E-state index contributed by atoms with van der Waals surface area (Å²) < 4.78 is 0.660. The number of thioether (sulfide) groups is 1. The van der Waals surface area contributed by atoms with Crippen LogP contribution in [0.25, 0.3) is 0 Å². The first-order valence-electron chi connectivity index (χ1n) is 7.89. The molecule has 1 heterocycles. The van der Waals surface area contributed by atoms with E-state index in [1.54, 1.807) is 6.92 Å². The molecule has 0 saturated heterocycles. The molecule has 25 heavy (non-hydrogen) atoms. The van der Waals surface area contributed by atoms with Crippen molar-refractivity contribution in [1.82, 2.24) is 20.8 Å². The van der Waals surface area contributed by atoms with Gasteiger partial charge in [0, 0.05) is 12.2 Å². The largest absolute Gasteiger partial charge is 0.338 e. The van der Waals surface area contributed by atoms with Crippen molar-refractivity contribution in [3.8, 4) is 0 Å². The summed E-state index contributed by atoms with van der Waals surface area (Å²) in [5.74, 6) is 0.226. The lowest BCUT2D eigenvalue weighted by molar-refractivity contribution is -0.117. The molecule has 134 valence electrons. The molecule has 0 saturated carbocycles. The Bertz CT molecular complexity index is 716. The second-order valence-electron chi connectivity index (χ2n) is 5.47. The molecule has 1 aromatic carbocycles. The molecule has 0 unspecified atom stereocenters. The Hall–Kier alpha value is -2.13. The number of urea groups is 1. The average Bonchev–Trinajstić information content (AvgIpc) is 3.01. The van der Waals surface area contributed by atoms with Gasteiger partial charge in [-0.3, -0.25) is 10.1 Å². The zero-order valence-corrected chi connectivity index (χ0v) is 16.0. The lowest BCUT2D eigenvalue weighted by Gasteiger charge is -2.06. The highest BCUT2D eigenvalue weighted by atomic mass is 32.2. The zero-order chi connectivity index (χ0) is 18.2. The van der Waals surface area contributed by atoms with E-state index in [1.165, 1.54) is 28.7 Å². The molecule has 0 atom stereocenters.